The van der Waals surface area contributed by atoms with Crippen molar-refractivity contribution in [3.8, 4) is 5.69 Å². The van der Waals surface area contributed by atoms with E-state index in [4.69, 9.17) is 17.3 Å². The summed E-state index contributed by atoms with van der Waals surface area (Å²) < 4.78 is 1.07. The van der Waals surface area contributed by atoms with Crippen LogP contribution >= 0.6 is 34.2 Å². The van der Waals surface area contributed by atoms with Crippen molar-refractivity contribution in [2.24, 2.45) is 0 Å². The molecular formula is C8H6ClIN4. The molecule has 0 bridgehead atoms. The van der Waals surface area contributed by atoms with Crippen LogP contribution < -0.4 is 5.73 Å². The Morgan fingerprint density at radius 1 is 1.43 bits per heavy atom. The highest BCUT2D eigenvalue weighted by molar-refractivity contribution is 14.1. The highest BCUT2D eigenvalue weighted by Crippen LogP contribution is 2.21. The van der Waals surface area contributed by atoms with Crippen molar-refractivity contribution in [3.63, 3.8) is 0 Å². The molecule has 2 N–H and O–H groups in total. The summed E-state index contributed by atoms with van der Waals surface area (Å²) in [7, 11) is 0. The van der Waals surface area contributed by atoms with Crippen molar-refractivity contribution < 1.29 is 0 Å². The molecule has 0 fully saturated rings. The van der Waals surface area contributed by atoms with Gasteiger partial charge in [-0.1, -0.05) is 11.6 Å². The molecule has 0 aliphatic carbocycles. The summed E-state index contributed by atoms with van der Waals surface area (Å²) in [6.07, 6.45) is 1.48. The first-order chi connectivity index (χ1) is 6.66. The standard InChI is InChI=1S/C8H6ClIN4/c9-6-3-5(10)1-2-7(6)14-12-4-8(11)13-14/h1-4H,(H2,11,13). The Kier molecular flexibility index (Phi) is 2.60. The second-order valence-corrected chi connectivity index (χ2v) is 4.31. The number of nitrogens with zero attached hydrogens (tertiary/aromatic N) is 3. The van der Waals surface area contributed by atoms with Crippen LogP contribution in [0.15, 0.2) is 24.4 Å². The van der Waals surface area contributed by atoms with Crippen LogP contribution in [0.25, 0.3) is 5.69 Å². The van der Waals surface area contributed by atoms with Crippen LogP contribution in [0.5, 0.6) is 0 Å². The molecule has 0 aliphatic rings. The Bertz CT molecular complexity index is 468. The predicted molar refractivity (Wildman–Crippen MR) is 63.5 cm³/mol. The number of aromatic nitrogens is 3. The molecule has 0 saturated heterocycles. The van der Waals surface area contributed by atoms with E-state index in [0.717, 1.165) is 9.26 Å². The lowest BCUT2D eigenvalue weighted by molar-refractivity contribution is 0.754. The van der Waals surface area contributed by atoms with Crippen molar-refractivity contribution >= 4 is 40.0 Å². The van der Waals surface area contributed by atoms with Crippen LogP contribution in [0.4, 0.5) is 5.82 Å². The number of nitrogen functional groups attached to an aromatic ring is 1. The molecular weight excluding hydrogens is 314 g/mol. The summed E-state index contributed by atoms with van der Waals surface area (Å²) in [5.74, 6) is 0.375. The molecule has 1 aromatic carbocycles. The van der Waals surface area contributed by atoms with Gasteiger partial charge in [0.15, 0.2) is 5.82 Å². The molecule has 0 spiro atoms. The Balaban J connectivity index is 2.52. The topological polar surface area (TPSA) is 56.7 Å². The number of halogens is 2. The fraction of sp³-hybridized carbons (Fsp3) is 0. The molecule has 72 valence electrons. The van der Waals surface area contributed by atoms with Gasteiger partial charge in [0.1, 0.15) is 5.69 Å². The van der Waals surface area contributed by atoms with Crippen molar-refractivity contribution in [3.05, 3.63) is 33.0 Å². The molecule has 0 aliphatic heterocycles. The zero-order valence-electron chi connectivity index (χ0n) is 6.98. The first-order valence-electron chi connectivity index (χ1n) is 3.80. The van der Waals surface area contributed by atoms with E-state index in [1.54, 1.807) is 0 Å². The molecule has 0 radical (unpaired) electrons. The summed E-state index contributed by atoms with van der Waals surface area (Å²) in [4.78, 5) is 1.41. The van der Waals surface area contributed by atoms with Gasteiger partial charge in [-0.2, -0.15) is 5.10 Å². The maximum atomic E-state index is 6.03. The minimum Gasteiger partial charge on any atom is -0.381 e. The molecule has 1 heterocycles. The molecule has 1 aromatic heterocycles. The molecule has 0 amide bonds. The predicted octanol–water partition coefficient (Wildman–Crippen LogP) is 2.11. The van der Waals surface area contributed by atoms with Crippen molar-refractivity contribution in [1.82, 2.24) is 15.0 Å². The Hall–Kier alpha value is -0.820. The second kappa shape index (κ2) is 3.74. The summed E-state index contributed by atoms with van der Waals surface area (Å²) in [6, 6.07) is 5.63. The van der Waals surface area contributed by atoms with Crippen LogP contribution in [0.2, 0.25) is 5.02 Å². The highest BCUT2D eigenvalue weighted by atomic mass is 127. The second-order valence-electron chi connectivity index (χ2n) is 2.65. The van der Waals surface area contributed by atoms with Gasteiger partial charge in [0.25, 0.3) is 0 Å². The van der Waals surface area contributed by atoms with Crippen molar-refractivity contribution in [1.29, 1.82) is 0 Å². The van der Waals surface area contributed by atoms with Crippen molar-refractivity contribution in [2.45, 2.75) is 0 Å². The minimum atomic E-state index is 0.375. The van der Waals surface area contributed by atoms with Gasteiger partial charge < -0.3 is 5.73 Å². The van der Waals surface area contributed by atoms with E-state index in [0.29, 0.717) is 10.8 Å². The van der Waals surface area contributed by atoms with Crippen LogP contribution in [0.3, 0.4) is 0 Å². The lowest BCUT2D eigenvalue weighted by atomic mass is 10.3. The van der Waals surface area contributed by atoms with Gasteiger partial charge in [0.2, 0.25) is 0 Å². The van der Waals surface area contributed by atoms with E-state index in [2.05, 4.69) is 32.8 Å². The third-order valence-corrected chi connectivity index (χ3v) is 2.61. The van der Waals surface area contributed by atoms with E-state index < -0.39 is 0 Å². The van der Waals surface area contributed by atoms with Gasteiger partial charge >= 0.3 is 0 Å². The molecule has 2 aromatic rings. The quantitative estimate of drug-likeness (QED) is 0.819. The Morgan fingerprint density at radius 2 is 2.21 bits per heavy atom. The maximum Gasteiger partial charge on any atom is 0.166 e. The molecule has 0 atom stereocenters. The van der Waals surface area contributed by atoms with Gasteiger partial charge in [-0.25, -0.2) is 0 Å². The van der Waals surface area contributed by atoms with Gasteiger partial charge in [-0.05, 0) is 40.8 Å². The third-order valence-electron chi connectivity index (χ3n) is 1.63. The number of hydrogen-bond donors (Lipinski definition) is 1. The van der Waals surface area contributed by atoms with E-state index >= 15 is 0 Å². The SMILES string of the molecule is Nc1cnn(-c2ccc(I)cc2Cl)n1. The van der Waals surface area contributed by atoms with Crippen LogP contribution in [-0.4, -0.2) is 15.0 Å². The average molecular weight is 321 g/mol. The third kappa shape index (κ3) is 1.83. The average Bonchev–Trinajstić information content (AvgIpc) is 2.51. The lowest BCUT2D eigenvalue weighted by Crippen LogP contribution is -2.00. The van der Waals surface area contributed by atoms with Crippen LogP contribution in [-0.2, 0) is 0 Å². The smallest absolute Gasteiger partial charge is 0.166 e. The van der Waals surface area contributed by atoms with E-state index in [1.807, 2.05) is 18.2 Å². The van der Waals surface area contributed by atoms with Gasteiger partial charge in [-0.15, -0.1) is 9.90 Å². The first kappa shape index (κ1) is 9.72. The van der Waals surface area contributed by atoms with Gasteiger partial charge in [0, 0.05) is 3.57 Å². The number of rotatable bonds is 1. The molecule has 0 saturated carbocycles. The molecule has 14 heavy (non-hydrogen) atoms. The lowest BCUT2D eigenvalue weighted by Gasteiger charge is -2.02. The summed E-state index contributed by atoms with van der Waals surface area (Å²) >= 11 is 8.21. The van der Waals surface area contributed by atoms with E-state index in [9.17, 15) is 0 Å². The Morgan fingerprint density at radius 3 is 2.79 bits per heavy atom. The number of anilines is 1. The maximum absolute atomic E-state index is 6.03. The minimum absolute atomic E-state index is 0.375. The summed E-state index contributed by atoms with van der Waals surface area (Å²) in [6.45, 7) is 0. The molecule has 6 heteroatoms. The van der Waals surface area contributed by atoms with Crippen LogP contribution in [0.1, 0.15) is 0 Å². The number of nitrogens with two attached hydrogens (primary N) is 1. The molecule has 4 nitrogen and oxygen atoms in total. The van der Waals surface area contributed by atoms with Gasteiger partial charge in [0.05, 0.1) is 11.2 Å². The monoisotopic (exact) mass is 320 g/mol. The van der Waals surface area contributed by atoms with Gasteiger partial charge in [-0.3, -0.25) is 0 Å². The largest absolute Gasteiger partial charge is 0.381 e. The normalized spacial score (nSPS) is 10.4. The fourth-order valence-electron chi connectivity index (χ4n) is 1.03. The van der Waals surface area contributed by atoms with E-state index in [-0.39, 0.29) is 0 Å². The summed E-state index contributed by atoms with van der Waals surface area (Å²) in [5.41, 5.74) is 6.18. The highest BCUT2D eigenvalue weighted by Gasteiger charge is 2.05. The molecule has 2 rings (SSSR count). The zero-order chi connectivity index (χ0) is 10.1. The zero-order valence-corrected chi connectivity index (χ0v) is 9.90. The number of benzene rings is 1. The number of hydrogen-bond acceptors (Lipinski definition) is 3. The first-order valence-corrected chi connectivity index (χ1v) is 5.26. The van der Waals surface area contributed by atoms with Crippen LogP contribution in [0, 0.1) is 3.57 Å². The van der Waals surface area contributed by atoms with E-state index in [1.165, 1.54) is 11.0 Å². The summed E-state index contributed by atoms with van der Waals surface area (Å²) in [5, 5.41) is 8.54. The molecule has 0 unspecified atom stereocenters. The fourth-order valence-corrected chi connectivity index (χ4v) is 1.97. The Labute approximate surface area is 99.2 Å². The van der Waals surface area contributed by atoms with Crippen molar-refractivity contribution in [2.75, 3.05) is 5.73 Å².